The second kappa shape index (κ2) is 6.01. The van der Waals surface area contributed by atoms with Crippen molar-refractivity contribution in [1.29, 1.82) is 0 Å². The summed E-state index contributed by atoms with van der Waals surface area (Å²) in [5.41, 5.74) is 0. The van der Waals surface area contributed by atoms with Crippen molar-refractivity contribution in [3.05, 3.63) is 18.4 Å². The van der Waals surface area contributed by atoms with Gasteiger partial charge < -0.3 is 9.15 Å². The van der Waals surface area contributed by atoms with Crippen LogP contribution < -0.4 is 4.72 Å². The van der Waals surface area contributed by atoms with Crippen LogP contribution in [0, 0.1) is 5.92 Å². The van der Waals surface area contributed by atoms with Crippen molar-refractivity contribution in [3.63, 3.8) is 0 Å². The van der Waals surface area contributed by atoms with Crippen molar-refractivity contribution in [2.45, 2.75) is 31.4 Å². The zero-order valence-electron chi connectivity index (χ0n) is 10.5. The molecule has 0 radical (unpaired) electrons. The second-order valence-electron chi connectivity index (χ2n) is 4.26. The third kappa shape index (κ3) is 3.85. The van der Waals surface area contributed by atoms with Gasteiger partial charge in [-0.25, -0.2) is 8.42 Å². The van der Waals surface area contributed by atoms with Gasteiger partial charge in [0.2, 0.25) is 5.09 Å². The number of ether oxygens (including phenoxy) is 1. The standard InChI is InChI=1S/C11H17NO5S/c1-8(2)7-9(11(13)16-3)12-18(14,15)10-5-4-6-17-10/h4-6,8-9,12H,7H2,1-3H3/t9-/m0/s1. The van der Waals surface area contributed by atoms with E-state index >= 15 is 0 Å². The number of esters is 1. The summed E-state index contributed by atoms with van der Waals surface area (Å²) in [5, 5.41) is -0.222. The van der Waals surface area contributed by atoms with E-state index in [9.17, 15) is 13.2 Å². The molecule has 1 aromatic heterocycles. The van der Waals surface area contributed by atoms with E-state index < -0.39 is 22.0 Å². The predicted octanol–water partition coefficient (Wildman–Crippen LogP) is 1.15. The number of hydrogen-bond donors (Lipinski definition) is 1. The van der Waals surface area contributed by atoms with E-state index in [0.29, 0.717) is 6.42 Å². The number of furan rings is 1. The van der Waals surface area contributed by atoms with Gasteiger partial charge >= 0.3 is 5.97 Å². The molecule has 0 fully saturated rings. The number of methoxy groups -OCH3 is 1. The number of carbonyl (C=O) groups is 1. The highest BCUT2D eigenvalue weighted by Gasteiger charge is 2.28. The van der Waals surface area contributed by atoms with Crippen LogP contribution >= 0.6 is 0 Å². The highest BCUT2D eigenvalue weighted by Crippen LogP contribution is 2.13. The SMILES string of the molecule is COC(=O)[C@H](CC(C)C)NS(=O)(=O)c1ccco1. The molecular formula is C11H17NO5S. The molecule has 1 heterocycles. The highest BCUT2D eigenvalue weighted by molar-refractivity contribution is 7.89. The Morgan fingerprint density at radius 3 is 2.61 bits per heavy atom. The molecule has 0 bridgehead atoms. The zero-order valence-corrected chi connectivity index (χ0v) is 11.4. The van der Waals surface area contributed by atoms with Crippen LogP contribution in [0.1, 0.15) is 20.3 Å². The Hall–Kier alpha value is -1.34. The molecule has 0 spiro atoms. The molecule has 18 heavy (non-hydrogen) atoms. The number of sulfonamides is 1. The van der Waals surface area contributed by atoms with Crippen molar-refractivity contribution in [1.82, 2.24) is 4.72 Å². The zero-order chi connectivity index (χ0) is 13.8. The highest BCUT2D eigenvalue weighted by atomic mass is 32.2. The Balaban J connectivity index is 2.86. The minimum absolute atomic E-state index is 0.147. The Kier molecular flexibility index (Phi) is 4.92. The summed E-state index contributed by atoms with van der Waals surface area (Å²) in [6, 6.07) is 1.86. The van der Waals surface area contributed by atoms with Gasteiger partial charge in [0.05, 0.1) is 13.4 Å². The molecule has 102 valence electrons. The summed E-state index contributed by atoms with van der Waals surface area (Å²) < 4.78 is 35.5. The first kappa shape index (κ1) is 14.7. The lowest BCUT2D eigenvalue weighted by molar-refractivity contribution is -0.143. The lowest BCUT2D eigenvalue weighted by Crippen LogP contribution is -2.42. The summed E-state index contributed by atoms with van der Waals surface area (Å²) >= 11 is 0. The fraction of sp³-hybridized carbons (Fsp3) is 0.545. The molecule has 0 aliphatic heterocycles. The van der Waals surface area contributed by atoms with Gasteiger partial charge in [-0.05, 0) is 24.5 Å². The largest absolute Gasteiger partial charge is 0.468 e. The Morgan fingerprint density at radius 2 is 2.17 bits per heavy atom. The molecule has 6 nitrogen and oxygen atoms in total. The molecule has 1 rings (SSSR count). The molecule has 0 aliphatic rings. The van der Waals surface area contributed by atoms with Crippen molar-refractivity contribution < 1.29 is 22.4 Å². The number of rotatable bonds is 6. The van der Waals surface area contributed by atoms with E-state index in [1.54, 1.807) is 0 Å². The van der Waals surface area contributed by atoms with Gasteiger partial charge in [-0.15, -0.1) is 0 Å². The van der Waals surface area contributed by atoms with Crippen LogP contribution in [0.3, 0.4) is 0 Å². The third-order valence-corrected chi connectivity index (χ3v) is 3.61. The van der Waals surface area contributed by atoms with E-state index in [-0.39, 0.29) is 11.0 Å². The van der Waals surface area contributed by atoms with Crippen molar-refractivity contribution >= 4 is 16.0 Å². The van der Waals surface area contributed by atoms with E-state index in [1.165, 1.54) is 25.5 Å². The van der Waals surface area contributed by atoms with E-state index in [0.717, 1.165) is 0 Å². The Morgan fingerprint density at radius 1 is 1.50 bits per heavy atom. The molecule has 1 atom stereocenters. The van der Waals surface area contributed by atoms with Crippen LogP contribution in [0.5, 0.6) is 0 Å². The van der Waals surface area contributed by atoms with Crippen molar-refractivity contribution in [3.8, 4) is 0 Å². The fourth-order valence-electron chi connectivity index (χ4n) is 1.47. The Bertz CT molecular complexity index is 478. The molecule has 0 aliphatic carbocycles. The monoisotopic (exact) mass is 275 g/mol. The van der Waals surface area contributed by atoms with Crippen molar-refractivity contribution in [2.24, 2.45) is 5.92 Å². The van der Waals surface area contributed by atoms with Gasteiger partial charge in [0.1, 0.15) is 6.04 Å². The summed E-state index contributed by atoms with van der Waals surface area (Å²) in [7, 11) is -2.62. The van der Waals surface area contributed by atoms with Crippen LogP contribution in [0.25, 0.3) is 0 Å². The average Bonchev–Trinajstić information content (AvgIpc) is 2.80. The second-order valence-corrected chi connectivity index (χ2v) is 5.90. The molecule has 0 amide bonds. The predicted molar refractivity (Wildman–Crippen MR) is 64.3 cm³/mol. The molecule has 7 heteroatoms. The van der Waals surface area contributed by atoms with Gasteiger partial charge in [0.15, 0.2) is 0 Å². The normalized spacial score (nSPS) is 13.6. The lowest BCUT2D eigenvalue weighted by atomic mass is 10.1. The molecule has 1 N–H and O–H groups in total. The number of nitrogens with one attached hydrogen (secondary N) is 1. The molecule has 0 unspecified atom stereocenters. The van der Waals surface area contributed by atoms with Crippen LogP contribution in [-0.2, 0) is 19.6 Å². The molecule has 0 saturated carbocycles. The number of carbonyl (C=O) groups excluding carboxylic acids is 1. The van der Waals surface area contributed by atoms with Crippen molar-refractivity contribution in [2.75, 3.05) is 7.11 Å². The first-order valence-electron chi connectivity index (χ1n) is 5.50. The minimum atomic E-state index is -3.83. The molecule has 0 aromatic carbocycles. The molecular weight excluding hydrogens is 258 g/mol. The number of hydrogen-bond acceptors (Lipinski definition) is 5. The molecule has 0 saturated heterocycles. The smallest absolute Gasteiger partial charge is 0.323 e. The van der Waals surface area contributed by atoms with Gasteiger partial charge in [0.25, 0.3) is 10.0 Å². The van der Waals surface area contributed by atoms with Gasteiger partial charge in [-0.2, -0.15) is 4.72 Å². The summed E-state index contributed by atoms with van der Waals surface area (Å²) in [6.45, 7) is 3.77. The van der Waals surface area contributed by atoms with Crippen LogP contribution in [-0.4, -0.2) is 27.5 Å². The molecule has 1 aromatic rings. The van der Waals surface area contributed by atoms with Gasteiger partial charge in [-0.1, -0.05) is 13.8 Å². The quantitative estimate of drug-likeness (QED) is 0.787. The summed E-state index contributed by atoms with van der Waals surface area (Å²) in [4.78, 5) is 11.5. The van der Waals surface area contributed by atoms with E-state index in [4.69, 9.17) is 4.42 Å². The lowest BCUT2D eigenvalue weighted by Gasteiger charge is -2.17. The van der Waals surface area contributed by atoms with Crippen LogP contribution in [0.2, 0.25) is 0 Å². The minimum Gasteiger partial charge on any atom is -0.468 e. The topological polar surface area (TPSA) is 85.6 Å². The first-order valence-corrected chi connectivity index (χ1v) is 6.98. The van der Waals surface area contributed by atoms with Gasteiger partial charge in [0, 0.05) is 0 Å². The third-order valence-electron chi connectivity index (χ3n) is 2.25. The first-order chi connectivity index (χ1) is 8.36. The van der Waals surface area contributed by atoms with E-state index in [1.807, 2.05) is 13.8 Å². The maximum Gasteiger partial charge on any atom is 0.323 e. The van der Waals surface area contributed by atoms with E-state index in [2.05, 4.69) is 9.46 Å². The van der Waals surface area contributed by atoms with Crippen LogP contribution in [0.4, 0.5) is 0 Å². The van der Waals surface area contributed by atoms with Crippen LogP contribution in [0.15, 0.2) is 27.9 Å². The maximum atomic E-state index is 11.9. The maximum absolute atomic E-state index is 11.9. The average molecular weight is 275 g/mol. The fourth-order valence-corrected chi connectivity index (χ4v) is 2.59. The summed E-state index contributed by atoms with van der Waals surface area (Å²) in [5.74, 6) is -0.466. The van der Waals surface area contributed by atoms with Gasteiger partial charge in [-0.3, -0.25) is 4.79 Å². The Labute approximate surface area is 106 Å². The summed E-state index contributed by atoms with van der Waals surface area (Å²) in [6.07, 6.45) is 1.61.